The van der Waals surface area contributed by atoms with Gasteiger partial charge in [-0.05, 0) is 66.5 Å². The zero-order valence-electron chi connectivity index (χ0n) is 24.2. The number of carbonyl (C=O) groups excluding carboxylic acids is 1. The molecule has 44 heavy (non-hydrogen) atoms. The van der Waals surface area contributed by atoms with Crippen LogP contribution in [0.15, 0.2) is 61.1 Å². The van der Waals surface area contributed by atoms with Crippen LogP contribution in [0, 0.1) is 5.92 Å². The van der Waals surface area contributed by atoms with E-state index in [4.69, 9.17) is 16.6 Å². The number of alkyl halides is 2. The second-order valence-corrected chi connectivity index (χ2v) is 13.2. The number of carbonyl (C=O) groups is 1. The third-order valence-corrected chi connectivity index (χ3v) is 9.69. The fraction of sp³-hybridized carbons (Fsp3) is 0.424. The molecule has 5 heterocycles. The molecule has 228 valence electrons. The average Bonchev–Trinajstić information content (AvgIpc) is 3.92. The number of fused-ring (bicyclic) bond motifs is 2. The Morgan fingerprint density at radius 1 is 1.09 bits per heavy atom. The van der Waals surface area contributed by atoms with Crippen LogP contribution in [0.4, 0.5) is 26.0 Å². The molecule has 8 rings (SSSR count). The van der Waals surface area contributed by atoms with Crippen molar-refractivity contribution in [3.8, 4) is 0 Å². The number of rotatable bonds is 8. The molecule has 11 heteroatoms. The van der Waals surface area contributed by atoms with Crippen LogP contribution in [0.25, 0.3) is 5.65 Å². The number of halogens is 3. The molecule has 4 aromatic rings. The lowest BCUT2D eigenvalue weighted by Gasteiger charge is -2.38. The van der Waals surface area contributed by atoms with Crippen LogP contribution in [0.3, 0.4) is 0 Å². The molecule has 1 amide bonds. The summed E-state index contributed by atoms with van der Waals surface area (Å²) in [4.78, 5) is 26.4. The number of amides is 1. The van der Waals surface area contributed by atoms with Crippen LogP contribution >= 0.6 is 11.6 Å². The molecule has 2 N–H and O–H groups in total. The van der Waals surface area contributed by atoms with Crippen LogP contribution < -0.4 is 15.5 Å². The highest BCUT2D eigenvalue weighted by atomic mass is 35.5. The van der Waals surface area contributed by atoms with Crippen LogP contribution in [0.1, 0.15) is 54.3 Å². The number of piperazine rings is 1. The lowest BCUT2D eigenvalue weighted by Crippen LogP contribution is -2.50. The fourth-order valence-corrected chi connectivity index (χ4v) is 7.14. The van der Waals surface area contributed by atoms with E-state index in [9.17, 15) is 13.6 Å². The van der Waals surface area contributed by atoms with E-state index in [1.807, 2.05) is 47.5 Å². The van der Waals surface area contributed by atoms with Crippen molar-refractivity contribution in [2.24, 2.45) is 5.92 Å². The van der Waals surface area contributed by atoms with Gasteiger partial charge >= 0.3 is 0 Å². The molecule has 0 radical (unpaired) electrons. The minimum Gasteiger partial charge on any atom is -0.379 e. The Hall–Kier alpha value is -3.76. The minimum absolute atomic E-state index is 0.0406. The molecule has 3 atom stereocenters. The van der Waals surface area contributed by atoms with Gasteiger partial charge in [0.1, 0.15) is 5.82 Å². The molecule has 3 aromatic heterocycles. The fourth-order valence-electron chi connectivity index (χ4n) is 6.94. The monoisotopic (exact) mass is 617 g/mol. The van der Waals surface area contributed by atoms with Gasteiger partial charge in [0.25, 0.3) is 5.92 Å². The number of anilines is 3. The molecule has 8 nitrogen and oxygen atoms in total. The predicted octanol–water partition coefficient (Wildman–Crippen LogP) is 6.14. The lowest BCUT2D eigenvalue weighted by atomic mass is 10.1. The van der Waals surface area contributed by atoms with Crippen LogP contribution in [-0.4, -0.2) is 63.3 Å². The smallest absolute Gasteiger partial charge is 0.262 e. The maximum absolute atomic E-state index is 14.1. The number of aromatic nitrogens is 3. The number of pyridine rings is 2. The molecule has 2 aliphatic carbocycles. The summed E-state index contributed by atoms with van der Waals surface area (Å²) in [6.07, 6.45) is 8.97. The van der Waals surface area contributed by atoms with Gasteiger partial charge in [-0.15, -0.1) is 0 Å². The average molecular weight is 618 g/mol. The number of benzene rings is 1. The third kappa shape index (κ3) is 5.61. The van der Waals surface area contributed by atoms with Crippen molar-refractivity contribution in [3.05, 3.63) is 82.9 Å². The van der Waals surface area contributed by atoms with Gasteiger partial charge in [-0.1, -0.05) is 23.7 Å². The van der Waals surface area contributed by atoms with Gasteiger partial charge in [0, 0.05) is 73.4 Å². The van der Waals surface area contributed by atoms with Gasteiger partial charge < -0.3 is 19.9 Å². The normalized spacial score (nSPS) is 24.3. The van der Waals surface area contributed by atoms with E-state index in [0.29, 0.717) is 42.9 Å². The van der Waals surface area contributed by atoms with E-state index >= 15 is 0 Å². The highest BCUT2D eigenvalue weighted by Gasteiger charge is 2.47. The first-order valence-corrected chi connectivity index (χ1v) is 15.8. The van der Waals surface area contributed by atoms with E-state index < -0.39 is 5.92 Å². The van der Waals surface area contributed by atoms with Gasteiger partial charge in [0.15, 0.2) is 5.65 Å². The predicted molar refractivity (Wildman–Crippen MR) is 167 cm³/mol. The maximum Gasteiger partial charge on any atom is 0.262 e. The summed E-state index contributed by atoms with van der Waals surface area (Å²) >= 11 is 6.13. The second-order valence-electron chi connectivity index (χ2n) is 12.8. The van der Waals surface area contributed by atoms with Crippen molar-refractivity contribution in [1.29, 1.82) is 0 Å². The van der Waals surface area contributed by atoms with E-state index in [-0.39, 0.29) is 36.8 Å². The SMILES string of the molecule is O=C(Nc1cc(NCc2cn3cc(C4CC4)cc(N4CCN5CC(F)(F)CC5C4)c3n2)ccn1)[C@H]1C[C@@H]1c1cccc(Cl)c1. The Kier molecular flexibility index (Phi) is 6.75. The van der Waals surface area contributed by atoms with E-state index in [0.717, 1.165) is 34.7 Å². The largest absolute Gasteiger partial charge is 0.379 e. The molecule has 1 aromatic carbocycles. The molecule has 2 saturated heterocycles. The molecule has 2 aliphatic heterocycles. The highest BCUT2D eigenvalue weighted by Crippen LogP contribution is 2.48. The second kappa shape index (κ2) is 10.7. The standard InChI is InChI=1S/C33H34ClF2N7O/c34-23-3-1-2-21(10-23)27-13-28(27)32(44)40-30-12-24(6-7-37-30)38-15-25-17-43-16-22(20-4-5-20)11-29(31(43)39-25)41-8-9-42-19-33(35,36)14-26(42)18-41/h1-3,6-7,10-12,16-17,20,26-28H,4-5,8-9,13-15,18-19H2,(H2,37,38,40,44)/t26?,27-,28+/m1/s1. The lowest BCUT2D eigenvalue weighted by molar-refractivity contribution is -0.117. The maximum atomic E-state index is 14.1. The number of hydrogen-bond donors (Lipinski definition) is 2. The van der Waals surface area contributed by atoms with Crippen molar-refractivity contribution in [2.45, 2.75) is 56.0 Å². The van der Waals surface area contributed by atoms with Crippen molar-refractivity contribution < 1.29 is 13.6 Å². The van der Waals surface area contributed by atoms with Gasteiger partial charge in [-0.2, -0.15) is 0 Å². The molecule has 4 fully saturated rings. The summed E-state index contributed by atoms with van der Waals surface area (Å²) in [5.74, 6) is -1.50. The first kappa shape index (κ1) is 27.8. The quantitative estimate of drug-likeness (QED) is 0.247. The Bertz CT molecular complexity index is 1740. The Morgan fingerprint density at radius 2 is 1.98 bits per heavy atom. The Labute approximate surface area is 259 Å². The number of nitrogens with zero attached hydrogens (tertiary/aromatic N) is 5. The molecule has 0 bridgehead atoms. The Morgan fingerprint density at radius 3 is 2.82 bits per heavy atom. The Balaban J connectivity index is 0.955. The summed E-state index contributed by atoms with van der Waals surface area (Å²) in [5, 5.41) is 7.07. The van der Waals surface area contributed by atoms with Gasteiger partial charge in [0.05, 0.1) is 24.5 Å². The van der Waals surface area contributed by atoms with Gasteiger partial charge in [0.2, 0.25) is 5.91 Å². The van der Waals surface area contributed by atoms with E-state index in [1.54, 1.807) is 6.20 Å². The molecule has 0 spiro atoms. The third-order valence-electron chi connectivity index (χ3n) is 9.45. The first-order valence-electron chi connectivity index (χ1n) is 15.4. The molecular weight excluding hydrogens is 584 g/mol. The topological polar surface area (TPSA) is 77.8 Å². The number of imidazole rings is 1. The molecule has 2 saturated carbocycles. The molecular formula is C33H34ClF2N7O. The molecule has 4 aliphatic rings. The van der Waals surface area contributed by atoms with E-state index in [1.165, 1.54) is 18.4 Å². The van der Waals surface area contributed by atoms with Crippen LogP contribution in [-0.2, 0) is 11.3 Å². The highest BCUT2D eigenvalue weighted by molar-refractivity contribution is 6.30. The summed E-state index contributed by atoms with van der Waals surface area (Å²) < 4.78 is 30.4. The minimum atomic E-state index is -2.61. The summed E-state index contributed by atoms with van der Waals surface area (Å²) in [7, 11) is 0. The zero-order chi connectivity index (χ0) is 30.0. The van der Waals surface area contributed by atoms with E-state index in [2.05, 4.69) is 37.2 Å². The summed E-state index contributed by atoms with van der Waals surface area (Å²) in [6.45, 7) is 2.29. The zero-order valence-corrected chi connectivity index (χ0v) is 25.0. The molecule has 1 unspecified atom stereocenters. The van der Waals surface area contributed by atoms with Gasteiger partial charge in [-0.3, -0.25) is 9.69 Å². The van der Waals surface area contributed by atoms with Crippen molar-refractivity contribution in [2.75, 3.05) is 41.7 Å². The summed E-state index contributed by atoms with van der Waals surface area (Å²) in [5.41, 5.74) is 5.95. The first-order chi connectivity index (χ1) is 21.3. The number of nitrogens with one attached hydrogen (secondary N) is 2. The van der Waals surface area contributed by atoms with Crippen LogP contribution in [0.5, 0.6) is 0 Å². The van der Waals surface area contributed by atoms with Gasteiger partial charge in [-0.25, -0.2) is 18.7 Å². The van der Waals surface area contributed by atoms with Crippen molar-refractivity contribution >= 4 is 40.3 Å². The van der Waals surface area contributed by atoms with Crippen molar-refractivity contribution in [3.63, 3.8) is 0 Å². The number of hydrogen-bond acceptors (Lipinski definition) is 6. The van der Waals surface area contributed by atoms with Crippen LogP contribution in [0.2, 0.25) is 5.02 Å². The summed E-state index contributed by atoms with van der Waals surface area (Å²) in [6, 6.07) is 13.5. The van der Waals surface area contributed by atoms with Crippen molar-refractivity contribution in [1.82, 2.24) is 19.3 Å².